The summed E-state index contributed by atoms with van der Waals surface area (Å²) in [6.45, 7) is 2.13. The van der Waals surface area contributed by atoms with Gasteiger partial charge in [-0.05, 0) is 25.1 Å². The van der Waals surface area contributed by atoms with Gasteiger partial charge >= 0.3 is 5.97 Å². The van der Waals surface area contributed by atoms with Gasteiger partial charge < -0.3 is 9.47 Å². The third-order valence-electron chi connectivity index (χ3n) is 2.13. The summed E-state index contributed by atoms with van der Waals surface area (Å²) in [5.41, 5.74) is 0.773. The first-order valence-electron chi connectivity index (χ1n) is 5.53. The number of halogens is 1. The molecule has 0 heterocycles. The molecule has 0 spiro atoms. The van der Waals surface area contributed by atoms with Crippen molar-refractivity contribution < 1.29 is 14.3 Å². The van der Waals surface area contributed by atoms with Gasteiger partial charge in [0.2, 0.25) is 0 Å². The molecule has 3 nitrogen and oxygen atoms in total. The summed E-state index contributed by atoms with van der Waals surface area (Å²) in [4.78, 5) is 11.1. The van der Waals surface area contributed by atoms with Crippen molar-refractivity contribution in [2.75, 3.05) is 13.7 Å². The number of hydrogen-bond acceptors (Lipinski definition) is 3. The van der Waals surface area contributed by atoms with Crippen LogP contribution in [0.15, 0.2) is 36.4 Å². The first kappa shape index (κ1) is 14.3. The molecule has 0 unspecified atom stereocenters. The number of carbonyl (C=O) groups excluding carboxylic acids is 1. The molecule has 0 aromatic heterocycles. The van der Waals surface area contributed by atoms with Crippen LogP contribution in [-0.4, -0.2) is 19.7 Å². The minimum atomic E-state index is -0.367. The minimum Gasteiger partial charge on any atom is -0.496 e. The molecule has 0 saturated heterocycles. The Balaban J connectivity index is 2.76. The first-order valence-corrected chi connectivity index (χ1v) is 5.90. The number of carbonyl (C=O) groups is 1. The molecule has 96 valence electrons. The van der Waals surface area contributed by atoms with Gasteiger partial charge in [-0.3, -0.25) is 0 Å². The van der Waals surface area contributed by atoms with E-state index in [1.807, 2.05) is 12.1 Å². The van der Waals surface area contributed by atoms with Crippen molar-refractivity contribution in [3.8, 4) is 5.75 Å². The lowest BCUT2D eigenvalue weighted by Crippen LogP contribution is -1.98. The van der Waals surface area contributed by atoms with Crippen molar-refractivity contribution in [1.29, 1.82) is 0 Å². The Hall–Kier alpha value is -1.74. The molecule has 0 fully saturated rings. The Morgan fingerprint density at radius 2 is 2.17 bits per heavy atom. The van der Waals surface area contributed by atoms with Crippen LogP contribution >= 0.6 is 11.6 Å². The SMILES string of the molecule is CCOC(=O)C=CC=Cc1c(Cl)cccc1OC. The maximum absolute atomic E-state index is 11.1. The first-order chi connectivity index (χ1) is 8.69. The van der Waals surface area contributed by atoms with E-state index in [2.05, 4.69) is 0 Å². The zero-order valence-electron chi connectivity index (χ0n) is 10.4. The highest BCUT2D eigenvalue weighted by atomic mass is 35.5. The molecule has 1 rings (SSSR count). The summed E-state index contributed by atoms with van der Waals surface area (Å²) >= 11 is 6.05. The highest BCUT2D eigenvalue weighted by molar-refractivity contribution is 6.32. The Kier molecular flexibility index (Phi) is 6.01. The molecule has 0 amide bonds. The molecule has 0 aliphatic heterocycles. The van der Waals surface area contributed by atoms with Gasteiger partial charge in [-0.15, -0.1) is 0 Å². The molecule has 1 aromatic rings. The molecule has 4 heteroatoms. The van der Waals surface area contributed by atoms with E-state index < -0.39 is 0 Å². The maximum atomic E-state index is 11.1. The molecule has 0 bridgehead atoms. The smallest absolute Gasteiger partial charge is 0.330 e. The average molecular weight is 267 g/mol. The van der Waals surface area contributed by atoms with Crippen molar-refractivity contribution in [3.05, 3.63) is 47.0 Å². The molecule has 0 radical (unpaired) electrons. The van der Waals surface area contributed by atoms with Crippen LogP contribution < -0.4 is 4.74 Å². The molecule has 1 aromatic carbocycles. The molecule has 0 aliphatic rings. The van der Waals surface area contributed by atoms with E-state index in [0.29, 0.717) is 17.4 Å². The number of allylic oxidation sites excluding steroid dienone is 2. The lowest BCUT2D eigenvalue weighted by Gasteiger charge is -2.05. The van der Waals surface area contributed by atoms with Crippen LogP contribution in [0.3, 0.4) is 0 Å². The summed E-state index contributed by atoms with van der Waals surface area (Å²) in [6.07, 6.45) is 6.43. The summed E-state index contributed by atoms with van der Waals surface area (Å²) < 4.78 is 9.94. The van der Waals surface area contributed by atoms with Gasteiger partial charge in [0, 0.05) is 11.6 Å². The number of esters is 1. The van der Waals surface area contributed by atoms with Crippen molar-refractivity contribution in [3.63, 3.8) is 0 Å². The Bertz CT molecular complexity index is 464. The zero-order chi connectivity index (χ0) is 13.4. The van der Waals surface area contributed by atoms with E-state index >= 15 is 0 Å². The van der Waals surface area contributed by atoms with Crippen LogP contribution in [0.5, 0.6) is 5.75 Å². The second-order valence-corrected chi connectivity index (χ2v) is 3.73. The van der Waals surface area contributed by atoms with Gasteiger partial charge in [-0.25, -0.2) is 4.79 Å². The molecule has 0 saturated carbocycles. The lowest BCUT2D eigenvalue weighted by molar-refractivity contribution is -0.137. The quantitative estimate of drug-likeness (QED) is 0.465. The van der Waals surface area contributed by atoms with Crippen LogP contribution in [0.4, 0.5) is 0 Å². The molecular weight excluding hydrogens is 252 g/mol. The van der Waals surface area contributed by atoms with Crippen molar-refractivity contribution in [2.24, 2.45) is 0 Å². The van der Waals surface area contributed by atoms with Crippen LogP contribution in [0.25, 0.3) is 6.08 Å². The van der Waals surface area contributed by atoms with Crippen LogP contribution in [0.1, 0.15) is 12.5 Å². The maximum Gasteiger partial charge on any atom is 0.330 e. The predicted octanol–water partition coefficient (Wildman–Crippen LogP) is 3.48. The molecule has 18 heavy (non-hydrogen) atoms. The van der Waals surface area contributed by atoms with Gasteiger partial charge in [-0.2, -0.15) is 0 Å². The summed E-state index contributed by atoms with van der Waals surface area (Å²) in [5, 5.41) is 0.593. The highest BCUT2D eigenvalue weighted by Gasteiger charge is 2.02. The number of hydrogen-bond donors (Lipinski definition) is 0. The molecular formula is C14H15ClO3. The highest BCUT2D eigenvalue weighted by Crippen LogP contribution is 2.27. The summed E-state index contributed by atoms with van der Waals surface area (Å²) in [6, 6.07) is 5.41. The third-order valence-corrected chi connectivity index (χ3v) is 2.46. The average Bonchev–Trinajstić information content (AvgIpc) is 2.36. The fraction of sp³-hybridized carbons (Fsp3) is 0.214. The van der Waals surface area contributed by atoms with Crippen molar-refractivity contribution in [2.45, 2.75) is 6.92 Å². The van der Waals surface area contributed by atoms with Gasteiger partial charge in [-0.1, -0.05) is 29.8 Å². The summed E-state index contributed by atoms with van der Waals surface area (Å²) in [7, 11) is 1.58. The number of ether oxygens (including phenoxy) is 2. The molecule has 0 atom stereocenters. The van der Waals surface area contributed by atoms with Gasteiger partial charge in [0.25, 0.3) is 0 Å². The van der Waals surface area contributed by atoms with Gasteiger partial charge in [0.15, 0.2) is 0 Å². The van der Waals surface area contributed by atoms with E-state index in [4.69, 9.17) is 21.1 Å². The van der Waals surface area contributed by atoms with Crippen LogP contribution in [-0.2, 0) is 9.53 Å². The fourth-order valence-electron chi connectivity index (χ4n) is 1.33. The number of benzene rings is 1. The van der Waals surface area contributed by atoms with Gasteiger partial charge in [0.1, 0.15) is 5.75 Å². The second-order valence-electron chi connectivity index (χ2n) is 3.33. The largest absolute Gasteiger partial charge is 0.496 e. The second kappa shape index (κ2) is 7.56. The van der Waals surface area contributed by atoms with E-state index in [-0.39, 0.29) is 5.97 Å². The predicted molar refractivity (Wildman–Crippen MR) is 72.8 cm³/mol. The van der Waals surface area contributed by atoms with Crippen LogP contribution in [0, 0.1) is 0 Å². The number of rotatable bonds is 5. The van der Waals surface area contributed by atoms with E-state index in [0.717, 1.165) is 5.56 Å². The Morgan fingerprint density at radius 1 is 1.39 bits per heavy atom. The lowest BCUT2D eigenvalue weighted by atomic mass is 10.2. The van der Waals surface area contributed by atoms with Crippen LogP contribution in [0.2, 0.25) is 5.02 Å². The Morgan fingerprint density at radius 3 is 2.83 bits per heavy atom. The normalized spacial score (nSPS) is 11.1. The molecule has 0 N–H and O–H groups in total. The van der Waals surface area contributed by atoms with E-state index in [1.165, 1.54) is 6.08 Å². The fourth-order valence-corrected chi connectivity index (χ4v) is 1.56. The zero-order valence-corrected chi connectivity index (χ0v) is 11.1. The number of methoxy groups -OCH3 is 1. The van der Waals surface area contributed by atoms with Gasteiger partial charge in [0.05, 0.1) is 18.7 Å². The summed E-state index contributed by atoms with van der Waals surface area (Å²) in [5.74, 6) is 0.316. The van der Waals surface area contributed by atoms with Crippen molar-refractivity contribution in [1.82, 2.24) is 0 Å². The van der Waals surface area contributed by atoms with E-state index in [9.17, 15) is 4.79 Å². The minimum absolute atomic E-state index is 0.366. The third kappa shape index (κ3) is 4.26. The molecule has 0 aliphatic carbocycles. The van der Waals surface area contributed by atoms with Crippen molar-refractivity contribution >= 4 is 23.6 Å². The topological polar surface area (TPSA) is 35.5 Å². The monoisotopic (exact) mass is 266 g/mol. The Labute approximate surface area is 112 Å². The van der Waals surface area contributed by atoms with E-state index in [1.54, 1.807) is 38.3 Å². The standard InChI is InChI=1S/C14H15ClO3/c1-3-18-14(16)10-5-4-7-11-12(15)8-6-9-13(11)17-2/h4-10H,3H2,1-2H3.